The first kappa shape index (κ1) is 20.0. The van der Waals surface area contributed by atoms with E-state index in [9.17, 15) is 13.2 Å². The summed E-state index contributed by atoms with van der Waals surface area (Å²) in [7, 11) is 0. The van der Waals surface area contributed by atoms with E-state index in [0.717, 1.165) is 34.6 Å². The fourth-order valence-electron chi connectivity index (χ4n) is 3.51. The van der Waals surface area contributed by atoms with Crippen molar-refractivity contribution in [3.63, 3.8) is 0 Å². The van der Waals surface area contributed by atoms with Gasteiger partial charge in [-0.25, -0.2) is 4.98 Å². The molecule has 4 rings (SSSR count). The summed E-state index contributed by atoms with van der Waals surface area (Å²) in [6.45, 7) is 4.63. The molecule has 4 aromatic rings. The maximum atomic E-state index is 13.2. The van der Waals surface area contributed by atoms with Gasteiger partial charge in [-0.3, -0.25) is 0 Å². The number of benzene rings is 3. The fraction of sp³-hybridized carbons (Fsp3) is 0.208. The minimum Gasteiger partial charge on any atom is -0.485 e. The molecule has 1 heterocycles. The Labute approximate surface area is 172 Å². The molecule has 0 N–H and O–H groups in total. The highest BCUT2D eigenvalue weighted by atomic mass is 19.4. The lowest BCUT2D eigenvalue weighted by molar-refractivity contribution is -0.137. The summed E-state index contributed by atoms with van der Waals surface area (Å²) in [6.07, 6.45) is -4.41. The number of alkyl halides is 3. The molecule has 1 aromatic heterocycles. The number of hydrogen-bond acceptors (Lipinski definition) is 2. The number of hydrogen-bond donors (Lipinski definition) is 0. The van der Waals surface area contributed by atoms with Gasteiger partial charge >= 0.3 is 6.18 Å². The number of halogens is 3. The third kappa shape index (κ3) is 4.17. The van der Waals surface area contributed by atoms with Crippen molar-refractivity contribution >= 4 is 11.0 Å². The minimum absolute atomic E-state index is 0.159. The molecule has 0 aliphatic carbocycles. The summed E-state index contributed by atoms with van der Waals surface area (Å²) in [4.78, 5) is 4.48. The fourth-order valence-corrected chi connectivity index (χ4v) is 3.51. The van der Waals surface area contributed by atoms with Crippen LogP contribution in [0.15, 0.2) is 66.7 Å². The maximum absolute atomic E-state index is 13.2. The van der Waals surface area contributed by atoms with Crippen LogP contribution >= 0.6 is 0 Å². The highest BCUT2D eigenvalue weighted by molar-refractivity contribution is 5.77. The predicted octanol–water partition coefficient (Wildman–Crippen LogP) is 6.30. The number of fused-ring (bicyclic) bond motifs is 1. The first-order valence-corrected chi connectivity index (χ1v) is 9.61. The van der Waals surface area contributed by atoms with E-state index in [1.807, 2.05) is 66.9 Å². The standard InChI is InChI=1S/C24H21F3N2O/c1-16-8-11-22(17(2)12-16)30-15-23-28-20-13-19(24(25,26)27)9-10-21(20)29(23)14-18-6-4-3-5-7-18/h3-13H,14-15H2,1-2H3. The number of nitrogens with zero attached hydrogens (tertiary/aromatic N) is 2. The summed E-state index contributed by atoms with van der Waals surface area (Å²) in [5, 5.41) is 0. The van der Waals surface area contributed by atoms with Crippen molar-refractivity contribution in [3.05, 3.63) is 94.8 Å². The SMILES string of the molecule is Cc1ccc(OCc2nc3cc(C(F)(F)F)ccc3n2Cc2ccccc2)c(C)c1. The monoisotopic (exact) mass is 410 g/mol. The number of aryl methyl sites for hydroxylation is 2. The number of ether oxygens (including phenoxy) is 1. The Bertz CT molecular complexity index is 1180. The molecule has 0 atom stereocenters. The first-order chi connectivity index (χ1) is 14.3. The molecule has 0 unspecified atom stereocenters. The third-order valence-corrected chi connectivity index (χ3v) is 5.03. The van der Waals surface area contributed by atoms with Gasteiger partial charge in [0.05, 0.1) is 16.6 Å². The number of aromatic nitrogens is 2. The lowest BCUT2D eigenvalue weighted by Gasteiger charge is -2.12. The Kier molecular flexibility index (Phi) is 5.24. The van der Waals surface area contributed by atoms with E-state index in [0.29, 0.717) is 23.4 Å². The van der Waals surface area contributed by atoms with Gasteiger partial charge in [-0.05, 0) is 49.2 Å². The summed E-state index contributed by atoms with van der Waals surface area (Å²) >= 11 is 0. The topological polar surface area (TPSA) is 27.1 Å². The van der Waals surface area contributed by atoms with Crippen LogP contribution in [0.25, 0.3) is 11.0 Å². The zero-order valence-electron chi connectivity index (χ0n) is 16.7. The van der Waals surface area contributed by atoms with Gasteiger partial charge in [0.1, 0.15) is 18.2 Å². The van der Waals surface area contributed by atoms with Gasteiger partial charge in [-0.1, -0.05) is 48.0 Å². The van der Waals surface area contributed by atoms with Crippen LogP contribution in [-0.2, 0) is 19.3 Å². The molecule has 154 valence electrons. The quantitative estimate of drug-likeness (QED) is 0.386. The zero-order chi connectivity index (χ0) is 21.3. The molecule has 0 saturated heterocycles. The van der Waals surface area contributed by atoms with Crippen LogP contribution in [0.2, 0.25) is 0 Å². The van der Waals surface area contributed by atoms with Crippen LogP contribution in [0.1, 0.15) is 28.1 Å². The summed E-state index contributed by atoms with van der Waals surface area (Å²) in [6, 6.07) is 19.3. The first-order valence-electron chi connectivity index (χ1n) is 9.61. The molecular formula is C24H21F3N2O. The Balaban J connectivity index is 1.72. The van der Waals surface area contributed by atoms with Crippen molar-refractivity contribution in [3.8, 4) is 5.75 Å². The molecular weight excluding hydrogens is 389 g/mol. The van der Waals surface area contributed by atoms with E-state index in [2.05, 4.69) is 4.98 Å². The second-order valence-corrected chi connectivity index (χ2v) is 7.36. The molecule has 3 nitrogen and oxygen atoms in total. The Morgan fingerprint density at radius 1 is 0.933 bits per heavy atom. The zero-order valence-corrected chi connectivity index (χ0v) is 16.7. The van der Waals surface area contributed by atoms with Crippen molar-refractivity contribution < 1.29 is 17.9 Å². The van der Waals surface area contributed by atoms with Gasteiger partial charge in [0, 0.05) is 6.54 Å². The molecule has 0 amide bonds. The largest absolute Gasteiger partial charge is 0.485 e. The van der Waals surface area contributed by atoms with Gasteiger partial charge in [-0.15, -0.1) is 0 Å². The lowest BCUT2D eigenvalue weighted by atomic mass is 10.1. The summed E-state index contributed by atoms with van der Waals surface area (Å²) in [5.41, 5.74) is 3.41. The van der Waals surface area contributed by atoms with Crippen LogP contribution in [0.5, 0.6) is 5.75 Å². The summed E-state index contributed by atoms with van der Waals surface area (Å²) < 4.78 is 47.4. The van der Waals surface area contributed by atoms with Crippen molar-refractivity contribution in [1.29, 1.82) is 0 Å². The number of imidazole rings is 1. The van der Waals surface area contributed by atoms with E-state index in [1.165, 1.54) is 6.07 Å². The number of rotatable bonds is 5. The normalized spacial score (nSPS) is 11.8. The summed E-state index contributed by atoms with van der Waals surface area (Å²) in [5.74, 6) is 1.31. The van der Waals surface area contributed by atoms with Crippen LogP contribution in [0.3, 0.4) is 0 Å². The molecule has 3 aromatic carbocycles. The second-order valence-electron chi connectivity index (χ2n) is 7.36. The highest BCUT2D eigenvalue weighted by Gasteiger charge is 2.31. The van der Waals surface area contributed by atoms with E-state index >= 15 is 0 Å². The smallest absolute Gasteiger partial charge is 0.416 e. The molecule has 0 bridgehead atoms. The predicted molar refractivity (Wildman–Crippen MR) is 111 cm³/mol. The van der Waals surface area contributed by atoms with E-state index in [4.69, 9.17) is 4.74 Å². The average molecular weight is 410 g/mol. The average Bonchev–Trinajstić information content (AvgIpc) is 3.04. The van der Waals surface area contributed by atoms with Crippen LogP contribution in [0.4, 0.5) is 13.2 Å². The maximum Gasteiger partial charge on any atom is 0.416 e. The Morgan fingerprint density at radius 3 is 2.40 bits per heavy atom. The van der Waals surface area contributed by atoms with Crippen LogP contribution in [-0.4, -0.2) is 9.55 Å². The molecule has 0 aliphatic heterocycles. The lowest BCUT2D eigenvalue weighted by Crippen LogP contribution is -2.09. The van der Waals surface area contributed by atoms with E-state index in [1.54, 1.807) is 0 Å². The highest BCUT2D eigenvalue weighted by Crippen LogP contribution is 2.32. The van der Waals surface area contributed by atoms with Crippen molar-refractivity contribution in [2.45, 2.75) is 33.2 Å². The van der Waals surface area contributed by atoms with Gasteiger partial charge in [-0.2, -0.15) is 13.2 Å². The van der Waals surface area contributed by atoms with Crippen molar-refractivity contribution in [2.75, 3.05) is 0 Å². The minimum atomic E-state index is -4.41. The van der Waals surface area contributed by atoms with E-state index < -0.39 is 11.7 Å². The van der Waals surface area contributed by atoms with Crippen LogP contribution < -0.4 is 4.74 Å². The van der Waals surface area contributed by atoms with Crippen LogP contribution in [0, 0.1) is 13.8 Å². The molecule has 0 radical (unpaired) electrons. The van der Waals surface area contributed by atoms with Gasteiger partial charge in [0.25, 0.3) is 0 Å². The molecule has 0 spiro atoms. The second kappa shape index (κ2) is 7.86. The Hall–Kier alpha value is -3.28. The Morgan fingerprint density at radius 2 is 1.70 bits per heavy atom. The third-order valence-electron chi connectivity index (χ3n) is 5.03. The van der Waals surface area contributed by atoms with E-state index in [-0.39, 0.29) is 6.61 Å². The van der Waals surface area contributed by atoms with Crippen molar-refractivity contribution in [2.24, 2.45) is 0 Å². The van der Waals surface area contributed by atoms with Crippen molar-refractivity contribution in [1.82, 2.24) is 9.55 Å². The molecule has 0 saturated carbocycles. The molecule has 6 heteroatoms. The van der Waals surface area contributed by atoms with Gasteiger partial charge in [0.2, 0.25) is 0 Å². The van der Waals surface area contributed by atoms with Gasteiger partial charge < -0.3 is 9.30 Å². The molecule has 30 heavy (non-hydrogen) atoms. The molecule has 0 fully saturated rings. The molecule has 0 aliphatic rings. The van der Waals surface area contributed by atoms with Gasteiger partial charge in [0.15, 0.2) is 0 Å².